The third kappa shape index (κ3) is 2.88. The largest absolute Gasteiger partial charge is 0.407 e. The zero-order chi connectivity index (χ0) is 9.84. The van der Waals surface area contributed by atoms with E-state index in [1.165, 1.54) is 0 Å². The number of anilines is 1. The fourth-order valence-electron chi connectivity index (χ4n) is 1.08. The van der Waals surface area contributed by atoms with E-state index in [0.717, 1.165) is 6.54 Å². The number of aromatic nitrogens is 2. The van der Waals surface area contributed by atoms with E-state index in [1.54, 1.807) is 0 Å². The Bertz CT molecular complexity index is 262. The van der Waals surface area contributed by atoms with Crippen LogP contribution in [0.3, 0.4) is 0 Å². The maximum atomic E-state index is 5.54. The van der Waals surface area contributed by atoms with Crippen molar-refractivity contribution in [3.8, 4) is 0 Å². The van der Waals surface area contributed by atoms with Crippen LogP contribution in [0.25, 0.3) is 0 Å². The van der Waals surface area contributed by atoms with E-state index in [4.69, 9.17) is 16.0 Å². The summed E-state index contributed by atoms with van der Waals surface area (Å²) in [6, 6.07) is 0.532. The first-order valence-corrected chi connectivity index (χ1v) is 4.76. The molecule has 0 N–H and O–H groups in total. The van der Waals surface area contributed by atoms with Crippen molar-refractivity contribution in [3.05, 3.63) is 5.89 Å². The monoisotopic (exact) mass is 203 g/mol. The van der Waals surface area contributed by atoms with Gasteiger partial charge in [-0.15, -0.1) is 16.7 Å². The Labute approximate surface area is 82.9 Å². The first-order valence-electron chi connectivity index (χ1n) is 4.23. The average Bonchev–Trinajstić information content (AvgIpc) is 2.50. The van der Waals surface area contributed by atoms with Gasteiger partial charge in [-0.05, 0) is 5.92 Å². The lowest BCUT2D eigenvalue weighted by Gasteiger charge is -2.15. The fraction of sp³-hybridized carbons (Fsp3) is 0.750. The minimum absolute atomic E-state index is 0.266. The fourth-order valence-corrected chi connectivity index (χ4v) is 1.19. The lowest BCUT2D eigenvalue weighted by molar-refractivity contribution is 0.494. The van der Waals surface area contributed by atoms with Crippen LogP contribution in [0, 0.1) is 5.92 Å². The zero-order valence-electron chi connectivity index (χ0n) is 8.12. The maximum Gasteiger partial charge on any atom is 0.317 e. The second-order valence-electron chi connectivity index (χ2n) is 3.39. The van der Waals surface area contributed by atoms with Crippen LogP contribution in [-0.4, -0.2) is 23.8 Å². The third-order valence-electron chi connectivity index (χ3n) is 1.54. The molecular weight excluding hydrogens is 190 g/mol. The molecule has 0 radical (unpaired) electrons. The highest BCUT2D eigenvalue weighted by molar-refractivity contribution is 6.16. The number of hydrogen-bond donors (Lipinski definition) is 0. The summed E-state index contributed by atoms with van der Waals surface area (Å²) in [4.78, 5) is 1.92. The van der Waals surface area contributed by atoms with Gasteiger partial charge in [0, 0.05) is 13.6 Å². The summed E-state index contributed by atoms with van der Waals surface area (Å²) in [5.41, 5.74) is 0. The molecule has 4 nitrogen and oxygen atoms in total. The van der Waals surface area contributed by atoms with E-state index in [1.807, 2.05) is 11.9 Å². The van der Waals surface area contributed by atoms with Crippen LogP contribution in [0.5, 0.6) is 0 Å². The third-order valence-corrected chi connectivity index (χ3v) is 1.76. The summed E-state index contributed by atoms with van der Waals surface area (Å²) in [7, 11) is 1.92. The van der Waals surface area contributed by atoms with Crippen molar-refractivity contribution < 1.29 is 4.42 Å². The molecule has 0 aliphatic rings. The molecule has 74 valence electrons. The Kier molecular flexibility index (Phi) is 3.54. The van der Waals surface area contributed by atoms with E-state index >= 15 is 0 Å². The molecule has 13 heavy (non-hydrogen) atoms. The van der Waals surface area contributed by atoms with Gasteiger partial charge in [0.25, 0.3) is 0 Å². The zero-order valence-corrected chi connectivity index (χ0v) is 8.88. The minimum Gasteiger partial charge on any atom is -0.407 e. The van der Waals surface area contributed by atoms with Crippen LogP contribution in [0.4, 0.5) is 6.01 Å². The molecule has 0 saturated heterocycles. The molecule has 0 atom stereocenters. The van der Waals surface area contributed by atoms with Crippen molar-refractivity contribution in [3.63, 3.8) is 0 Å². The quantitative estimate of drug-likeness (QED) is 0.701. The van der Waals surface area contributed by atoms with Gasteiger partial charge in [0.1, 0.15) is 5.88 Å². The summed E-state index contributed by atoms with van der Waals surface area (Å²) in [6.45, 7) is 5.16. The van der Waals surface area contributed by atoms with E-state index in [-0.39, 0.29) is 5.88 Å². The Balaban J connectivity index is 2.60. The van der Waals surface area contributed by atoms with Crippen LogP contribution in [-0.2, 0) is 5.88 Å². The predicted octanol–water partition coefficient (Wildman–Crippen LogP) is 1.90. The molecule has 0 spiro atoms. The van der Waals surface area contributed by atoms with Gasteiger partial charge in [0.2, 0.25) is 5.89 Å². The molecule has 1 aromatic heterocycles. The molecule has 1 aromatic rings. The summed E-state index contributed by atoms with van der Waals surface area (Å²) >= 11 is 5.54. The highest BCUT2D eigenvalue weighted by Gasteiger charge is 2.10. The van der Waals surface area contributed by atoms with Gasteiger partial charge in [-0.3, -0.25) is 0 Å². The molecule has 1 rings (SSSR count). The lowest BCUT2D eigenvalue weighted by atomic mass is 10.2. The SMILES string of the molecule is CC(C)CN(C)c1nnc(CCl)o1. The topological polar surface area (TPSA) is 42.2 Å². The van der Waals surface area contributed by atoms with E-state index in [0.29, 0.717) is 17.8 Å². The van der Waals surface area contributed by atoms with Gasteiger partial charge in [0.05, 0.1) is 0 Å². The van der Waals surface area contributed by atoms with Crippen molar-refractivity contribution in [2.24, 2.45) is 5.92 Å². The second kappa shape index (κ2) is 4.46. The van der Waals surface area contributed by atoms with Crippen molar-refractivity contribution in [2.75, 3.05) is 18.5 Å². The maximum absolute atomic E-state index is 5.54. The molecule has 0 aromatic carbocycles. The number of rotatable bonds is 4. The summed E-state index contributed by atoms with van der Waals surface area (Å²) in [5.74, 6) is 1.30. The first kappa shape index (κ1) is 10.3. The molecule has 0 saturated carbocycles. The van der Waals surface area contributed by atoms with Crippen molar-refractivity contribution in [2.45, 2.75) is 19.7 Å². The molecule has 0 fully saturated rings. The van der Waals surface area contributed by atoms with E-state index in [9.17, 15) is 0 Å². The highest BCUT2D eigenvalue weighted by atomic mass is 35.5. The van der Waals surface area contributed by atoms with Crippen LogP contribution in [0.2, 0.25) is 0 Å². The molecule has 0 amide bonds. The molecule has 1 heterocycles. The molecular formula is C8H14ClN3O. The number of nitrogens with zero attached hydrogens (tertiary/aromatic N) is 3. The normalized spacial score (nSPS) is 10.8. The van der Waals surface area contributed by atoms with Gasteiger partial charge in [0.15, 0.2) is 0 Å². The van der Waals surface area contributed by atoms with Crippen LogP contribution >= 0.6 is 11.6 Å². The first-order chi connectivity index (χ1) is 6.13. The molecule has 0 aliphatic heterocycles. The average molecular weight is 204 g/mol. The predicted molar refractivity (Wildman–Crippen MR) is 52.0 cm³/mol. The Hall–Kier alpha value is -0.770. The smallest absolute Gasteiger partial charge is 0.317 e. The van der Waals surface area contributed by atoms with Gasteiger partial charge in [-0.1, -0.05) is 18.9 Å². The van der Waals surface area contributed by atoms with Crippen LogP contribution in [0.15, 0.2) is 4.42 Å². The molecule has 0 unspecified atom stereocenters. The van der Waals surface area contributed by atoms with Gasteiger partial charge >= 0.3 is 6.01 Å². The molecule has 5 heteroatoms. The Morgan fingerprint density at radius 2 is 2.15 bits per heavy atom. The highest BCUT2D eigenvalue weighted by Crippen LogP contribution is 2.12. The van der Waals surface area contributed by atoms with Crippen LogP contribution in [0.1, 0.15) is 19.7 Å². The summed E-state index contributed by atoms with van der Waals surface area (Å²) in [6.07, 6.45) is 0. The Morgan fingerprint density at radius 3 is 2.62 bits per heavy atom. The summed E-state index contributed by atoms with van der Waals surface area (Å²) in [5, 5.41) is 7.64. The van der Waals surface area contributed by atoms with E-state index < -0.39 is 0 Å². The van der Waals surface area contributed by atoms with Crippen molar-refractivity contribution in [1.82, 2.24) is 10.2 Å². The molecule has 0 bridgehead atoms. The van der Waals surface area contributed by atoms with E-state index in [2.05, 4.69) is 24.0 Å². The van der Waals surface area contributed by atoms with Gasteiger partial charge in [-0.25, -0.2) is 0 Å². The van der Waals surface area contributed by atoms with Gasteiger partial charge < -0.3 is 9.32 Å². The second-order valence-corrected chi connectivity index (χ2v) is 3.65. The summed E-state index contributed by atoms with van der Waals surface area (Å²) < 4.78 is 5.27. The van der Waals surface area contributed by atoms with Gasteiger partial charge in [-0.2, -0.15) is 0 Å². The minimum atomic E-state index is 0.266. The standard InChI is InChI=1S/C8H14ClN3O/c1-6(2)5-12(3)8-11-10-7(4-9)13-8/h6H,4-5H2,1-3H3. The lowest BCUT2D eigenvalue weighted by Crippen LogP contribution is -2.22. The van der Waals surface area contributed by atoms with Crippen molar-refractivity contribution >= 4 is 17.6 Å². The van der Waals surface area contributed by atoms with Crippen LogP contribution < -0.4 is 4.90 Å². The number of hydrogen-bond acceptors (Lipinski definition) is 4. The van der Waals surface area contributed by atoms with Crippen molar-refractivity contribution in [1.29, 1.82) is 0 Å². The Morgan fingerprint density at radius 1 is 1.46 bits per heavy atom. The number of halogens is 1. The molecule has 0 aliphatic carbocycles. The number of alkyl halides is 1.